The van der Waals surface area contributed by atoms with Gasteiger partial charge in [0.2, 0.25) is 11.8 Å². The molecule has 0 bridgehead atoms. The minimum absolute atomic E-state index is 0.563. The molecule has 7 heteroatoms. The summed E-state index contributed by atoms with van der Waals surface area (Å²) >= 11 is 1.64. The van der Waals surface area contributed by atoms with Gasteiger partial charge in [-0.05, 0) is 37.8 Å². The van der Waals surface area contributed by atoms with Crippen molar-refractivity contribution in [1.29, 1.82) is 0 Å². The van der Waals surface area contributed by atoms with Gasteiger partial charge in [-0.1, -0.05) is 30.0 Å². The number of nitrogens with zero attached hydrogens (tertiary/aromatic N) is 5. The summed E-state index contributed by atoms with van der Waals surface area (Å²) in [5.74, 6) is 3.61. The molecule has 0 spiro atoms. The number of rotatable bonds is 6. The normalized spacial score (nSPS) is 17.3. The third kappa shape index (κ3) is 2.73. The zero-order valence-electron chi connectivity index (χ0n) is 13.1. The molecule has 6 nitrogen and oxygen atoms in total. The van der Waals surface area contributed by atoms with Gasteiger partial charge in [0, 0.05) is 17.5 Å². The highest BCUT2D eigenvalue weighted by Gasteiger charge is 2.36. The van der Waals surface area contributed by atoms with E-state index in [0.29, 0.717) is 29.5 Å². The summed E-state index contributed by atoms with van der Waals surface area (Å²) in [6.45, 7) is 0. The van der Waals surface area contributed by atoms with Gasteiger partial charge < -0.3 is 8.98 Å². The van der Waals surface area contributed by atoms with E-state index >= 15 is 0 Å². The SMILES string of the molecule is c1ccc(-c2nnc(CSc3nnc(C4CC4)n3C3CC3)o2)cc1. The van der Waals surface area contributed by atoms with E-state index < -0.39 is 0 Å². The van der Waals surface area contributed by atoms with Crippen molar-refractivity contribution in [3.05, 3.63) is 42.0 Å². The van der Waals surface area contributed by atoms with Crippen LogP contribution in [0.25, 0.3) is 11.5 Å². The summed E-state index contributed by atoms with van der Waals surface area (Å²) in [7, 11) is 0. The Morgan fingerprint density at radius 1 is 1.00 bits per heavy atom. The summed E-state index contributed by atoms with van der Waals surface area (Å²) in [5.41, 5.74) is 0.943. The molecule has 2 aromatic heterocycles. The van der Waals surface area contributed by atoms with E-state index in [0.717, 1.165) is 10.7 Å². The second kappa shape index (κ2) is 5.73. The molecule has 2 saturated carbocycles. The number of hydrogen-bond donors (Lipinski definition) is 0. The first kappa shape index (κ1) is 14.2. The van der Waals surface area contributed by atoms with Crippen LogP contribution in [0.4, 0.5) is 0 Å². The van der Waals surface area contributed by atoms with Crippen LogP contribution in [0.2, 0.25) is 0 Å². The predicted molar refractivity (Wildman–Crippen MR) is 89.6 cm³/mol. The quantitative estimate of drug-likeness (QED) is 0.636. The van der Waals surface area contributed by atoms with Gasteiger partial charge in [-0.15, -0.1) is 20.4 Å². The van der Waals surface area contributed by atoms with Crippen LogP contribution in [-0.4, -0.2) is 25.0 Å². The summed E-state index contributed by atoms with van der Waals surface area (Å²) in [6, 6.07) is 10.4. The highest BCUT2D eigenvalue weighted by Crippen LogP contribution is 2.46. The van der Waals surface area contributed by atoms with Crippen molar-refractivity contribution in [2.45, 2.75) is 48.6 Å². The fraction of sp³-hybridized carbons (Fsp3) is 0.412. The average molecular weight is 339 g/mol. The van der Waals surface area contributed by atoms with Crippen molar-refractivity contribution >= 4 is 11.8 Å². The Balaban J connectivity index is 1.32. The van der Waals surface area contributed by atoms with Crippen LogP contribution in [0.15, 0.2) is 39.9 Å². The Morgan fingerprint density at radius 3 is 2.58 bits per heavy atom. The summed E-state index contributed by atoms with van der Waals surface area (Å²) in [4.78, 5) is 0. The van der Waals surface area contributed by atoms with Gasteiger partial charge in [-0.25, -0.2) is 0 Å². The van der Waals surface area contributed by atoms with E-state index in [-0.39, 0.29) is 0 Å². The van der Waals surface area contributed by atoms with Crippen LogP contribution in [0.5, 0.6) is 0 Å². The van der Waals surface area contributed by atoms with E-state index in [1.807, 2.05) is 30.3 Å². The molecule has 1 aromatic carbocycles. The molecule has 0 radical (unpaired) electrons. The molecule has 3 aromatic rings. The summed E-state index contributed by atoms with van der Waals surface area (Å²) in [5, 5.41) is 18.1. The Labute approximate surface area is 143 Å². The second-order valence-corrected chi connectivity index (χ2v) is 7.31. The smallest absolute Gasteiger partial charge is 0.247 e. The Morgan fingerprint density at radius 2 is 1.83 bits per heavy atom. The van der Waals surface area contributed by atoms with Gasteiger partial charge in [0.05, 0.1) is 5.75 Å². The van der Waals surface area contributed by atoms with Crippen molar-refractivity contribution in [2.24, 2.45) is 0 Å². The molecule has 0 N–H and O–H groups in total. The number of hydrogen-bond acceptors (Lipinski definition) is 6. The van der Waals surface area contributed by atoms with E-state index in [4.69, 9.17) is 4.42 Å². The van der Waals surface area contributed by atoms with Crippen LogP contribution in [0, 0.1) is 0 Å². The Kier molecular flexibility index (Phi) is 3.40. The minimum Gasteiger partial charge on any atom is -0.420 e. The number of thioether (sulfide) groups is 1. The predicted octanol–water partition coefficient (Wildman–Crippen LogP) is 3.83. The molecular formula is C17H17N5OS. The van der Waals surface area contributed by atoms with Gasteiger partial charge in [-0.3, -0.25) is 0 Å². The summed E-state index contributed by atoms with van der Waals surface area (Å²) < 4.78 is 8.12. The first-order chi connectivity index (χ1) is 11.9. The van der Waals surface area contributed by atoms with E-state index in [9.17, 15) is 0 Å². The highest BCUT2D eigenvalue weighted by atomic mass is 32.2. The van der Waals surface area contributed by atoms with Crippen molar-refractivity contribution in [1.82, 2.24) is 25.0 Å². The molecule has 2 aliphatic rings. The first-order valence-corrected chi connectivity index (χ1v) is 9.32. The van der Waals surface area contributed by atoms with Crippen LogP contribution in [0.1, 0.15) is 49.4 Å². The molecule has 0 atom stereocenters. The zero-order valence-corrected chi connectivity index (χ0v) is 13.9. The fourth-order valence-corrected chi connectivity index (χ4v) is 3.67. The lowest BCUT2D eigenvalue weighted by Gasteiger charge is -2.06. The van der Waals surface area contributed by atoms with Crippen molar-refractivity contribution in [3.63, 3.8) is 0 Å². The van der Waals surface area contributed by atoms with Crippen LogP contribution < -0.4 is 0 Å². The van der Waals surface area contributed by atoms with Crippen LogP contribution in [0.3, 0.4) is 0 Å². The molecule has 5 rings (SSSR count). The third-order valence-electron chi connectivity index (χ3n) is 4.36. The van der Waals surface area contributed by atoms with E-state index in [1.54, 1.807) is 11.8 Å². The van der Waals surface area contributed by atoms with Gasteiger partial charge in [-0.2, -0.15) is 0 Å². The molecule has 2 heterocycles. The standard InChI is InChI=1S/C17H17N5OS/c1-2-4-12(5-3-1)16-20-18-14(23-16)10-24-17-21-19-15(11-6-7-11)22(17)13-8-9-13/h1-5,11,13H,6-10H2. The lowest BCUT2D eigenvalue weighted by atomic mass is 10.2. The second-order valence-electron chi connectivity index (χ2n) is 6.37. The maximum absolute atomic E-state index is 5.77. The molecule has 0 amide bonds. The van der Waals surface area contributed by atoms with E-state index in [2.05, 4.69) is 25.0 Å². The maximum Gasteiger partial charge on any atom is 0.247 e. The fourth-order valence-electron chi connectivity index (χ4n) is 2.82. The lowest BCUT2D eigenvalue weighted by molar-refractivity contribution is 0.528. The summed E-state index contributed by atoms with van der Waals surface area (Å²) in [6.07, 6.45) is 4.98. The Hall–Kier alpha value is -2.15. The first-order valence-electron chi connectivity index (χ1n) is 8.34. The molecular weight excluding hydrogens is 322 g/mol. The molecule has 0 saturated heterocycles. The largest absolute Gasteiger partial charge is 0.420 e. The van der Waals surface area contributed by atoms with Crippen LogP contribution in [-0.2, 0) is 5.75 Å². The topological polar surface area (TPSA) is 69.6 Å². The number of aromatic nitrogens is 5. The molecule has 2 fully saturated rings. The molecule has 0 unspecified atom stereocenters. The zero-order chi connectivity index (χ0) is 15.9. The Bertz CT molecular complexity index is 851. The lowest BCUT2D eigenvalue weighted by Crippen LogP contribution is -2.01. The average Bonchev–Trinajstić information content (AvgIpc) is 3.55. The molecule has 122 valence electrons. The maximum atomic E-state index is 5.77. The highest BCUT2D eigenvalue weighted by molar-refractivity contribution is 7.98. The van der Waals surface area contributed by atoms with Gasteiger partial charge in [0.15, 0.2) is 5.16 Å². The molecule has 2 aliphatic carbocycles. The minimum atomic E-state index is 0.563. The van der Waals surface area contributed by atoms with Crippen molar-refractivity contribution < 1.29 is 4.42 Å². The monoisotopic (exact) mass is 339 g/mol. The van der Waals surface area contributed by atoms with Crippen LogP contribution >= 0.6 is 11.8 Å². The van der Waals surface area contributed by atoms with Crippen molar-refractivity contribution in [3.8, 4) is 11.5 Å². The van der Waals surface area contributed by atoms with Gasteiger partial charge >= 0.3 is 0 Å². The van der Waals surface area contributed by atoms with Crippen molar-refractivity contribution in [2.75, 3.05) is 0 Å². The van der Waals surface area contributed by atoms with Gasteiger partial charge in [0.25, 0.3) is 0 Å². The number of benzene rings is 1. The molecule has 24 heavy (non-hydrogen) atoms. The third-order valence-corrected chi connectivity index (χ3v) is 5.29. The van der Waals surface area contributed by atoms with E-state index in [1.165, 1.54) is 31.5 Å². The molecule has 0 aliphatic heterocycles. The van der Waals surface area contributed by atoms with Gasteiger partial charge in [0.1, 0.15) is 5.82 Å².